The number of hydrogen-bond acceptors (Lipinski definition) is 3. The molecule has 0 aliphatic heterocycles. The predicted octanol–water partition coefficient (Wildman–Crippen LogP) is 1.50. The van der Waals surface area contributed by atoms with E-state index < -0.39 is 0 Å². The number of para-hydroxylation sites is 1. The number of amides is 1. The molecule has 1 aromatic carbocycles. The van der Waals surface area contributed by atoms with Gasteiger partial charge in [-0.15, -0.1) is 0 Å². The summed E-state index contributed by atoms with van der Waals surface area (Å²) < 4.78 is 1.84. The predicted molar refractivity (Wildman–Crippen MR) is 74.8 cm³/mol. The van der Waals surface area contributed by atoms with Crippen LogP contribution in [0.5, 0.6) is 0 Å². The minimum absolute atomic E-state index is 0.0430. The lowest BCUT2D eigenvalue weighted by Crippen LogP contribution is -2.36. The lowest BCUT2D eigenvalue weighted by Gasteiger charge is -2.13. The van der Waals surface area contributed by atoms with Gasteiger partial charge in [-0.25, -0.2) is 0 Å². The quantitative estimate of drug-likeness (QED) is 0.825. The van der Waals surface area contributed by atoms with Gasteiger partial charge in [0.2, 0.25) is 5.91 Å². The molecule has 5 nitrogen and oxygen atoms in total. The molecule has 1 aromatic heterocycles. The van der Waals surface area contributed by atoms with Crippen molar-refractivity contribution < 1.29 is 4.79 Å². The SMILES string of the molecule is CC(Cn1cccn1)NCC(=O)Nc1ccccc1. The van der Waals surface area contributed by atoms with Crippen LogP contribution in [0.1, 0.15) is 6.92 Å². The molecule has 1 unspecified atom stereocenters. The van der Waals surface area contributed by atoms with E-state index in [2.05, 4.69) is 15.7 Å². The van der Waals surface area contributed by atoms with E-state index in [0.29, 0.717) is 0 Å². The molecule has 19 heavy (non-hydrogen) atoms. The standard InChI is InChI=1S/C14H18N4O/c1-12(11-18-9-5-8-16-18)15-10-14(19)17-13-6-3-2-4-7-13/h2-9,12,15H,10-11H2,1H3,(H,17,19). The second-order valence-corrected chi connectivity index (χ2v) is 4.42. The van der Waals surface area contributed by atoms with Gasteiger partial charge in [0.15, 0.2) is 0 Å². The van der Waals surface area contributed by atoms with Crippen molar-refractivity contribution in [2.75, 3.05) is 11.9 Å². The summed E-state index contributed by atoms with van der Waals surface area (Å²) in [6.45, 7) is 3.06. The highest BCUT2D eigenvalue weighted by Crippen LogP contribution is 2.04. The Hall–Kier alpha value is -2.14. The molecule has 2 rings (SSSR count). The Bertz CT molecular complexity index is 495. The van der Waals surface area contributed by atoms with Crippen molar-refractivity contribution in [1.82, 2.24) is 15.1 Å². The largest absolute Gasteiger partial charge is 0.325 e. The molecule has 5 heteroatoms. The average Bonchev–Trinajstić information content (AvgIpc) is 2.90. The van der Waals surface area contributed by atoms with Gasteiger partial charge in [0.25, 0.3) is 0 Å². The molecule has 100 valence electrons. The summed E-state index contributed by atoms with van der Waals surface area (Å²) in [5, 5.41) is 10.1. The molecule has 0 aliphatic carbocycles. The Morgan fingerprint density at radius 2 is 2.11 bits per heavy atom. The molecule has 2 aromatic rings. The van der Waals surface area contributed by atoms with Crippen LogP contribution in [0.3, 0.4) is 0 Å². The summed E-state index contributed by atoms with van der Waals surface area (Å²) >= 11 is 0. The van der Waals surface area contributed by atoms with Gasteiger partial charge in [0, 0.05) is 24.1 Å². The highest BCUT2D eigenvalue weighted by Gasteiger charge is 2.06. The fourth-order valence-corrected chi connectivity index (χ4v) is 1.75. The average molecular weight is 258 g/mol. The van der Waals surface area contributed by atoms with Crippen molar-refractivity contribution in [1.29, 1.82) is 0 Å². The highest BCUT2D eigenvalue weighted by atomic mass is 16.1. The number of carbonyl (C=O) groups is 1. The first kappa shape index (κ1) is 13.3. The van der Waals surface area contributed by atoms with Gasteiger partial charge >= 0.3 is 0 Å². The molecule has 0 fully saturated rings. The smallest absolute Gasteiger partial charge is 0.238 e. The van der Waals surface area contributed by atoms with Crippen LogP contribution in [0.4, 0.5) is 5.69 Å². The van der Waals surface area contributed by atoms with Crippen molar-refractivity contribution >= 4 is 11.6 Å². The van der Waals surface area contributed by atoms with E-state index in [1.54, 1.807) is 6.20 Å². The van der Waals surface area contributed by atoms with Crippen molar-refractivity contribution in [2.24, 2.45) is 0 Å². The van der Waals surface area contributed by atoms with Gasteiger partial charge in [-0.2, -0.15) is 5.10 Å². The third kappa shape index (κ3) is 4.56. The zero-order valence-corrected chi connectivity index (χ0v) is 10.9. The number of nitrogens with zero attached hydrogens (tertiary/aromatic N) is 2. The first-order valence-electron chi connectivity index (χ1n) is 6.30. The molecule has 1 amide bonds. The lowest BCUT2D eigenvalue weighted by molar-refractivity contribution is -0.115. The zero-order valence-electron chi connectivity index (χ0n) is 10.9. The monoisotopic (exact) mass is 258 g/mol. The molecule has 1 atom stereocenters. The van der Waals surface area contributed by atoms with Crippen LogP contribution in [0.25, 0.3) is 0 Å². The molecular formula is C14H18N4O. The van der Waals surface area contributed by atoms with Crippen LogP contribution in [-0.2, 0) is 11.3 Å². The van der Waals surface area contributed by atoms with Gasteiger partial charge in [-0.05, 0) is 25.1 Å². The van der Waals surface area contributed by atoms with Crippen LogP contribution < -0.4 is 10.6 Å². The summed E-state index contributed by atoms with van der Waals surface area (Å²) in [5.41, 5.74) is 0.814. The number of rotatable bonds is 6. The normalized spacial score (nSPS) is 12.1. The van der Waals surface area contributed by atoms with Crippen molar-refractivity contribution in [2.45, 2.75) is 19.5 Å². The summed E-state index contributed by atoms with van der Waals surface area (Å²) in [4.78, 5) is 11.7. The molecular weight excluding hydrogens is 240 g/mol. The second kappa shape index (κ2) is 6.70. The molecule has 0 spiro atoms. The van der Waals surface area contributed by atoms with Crippen LogP contribution in [0.15, 0.2) is 48.8 Å². The Morgan fingerprint density at radius 1 is 1.32 bits per heavy atom. The fourth-order valence-electron chi connectivity index (χ4n) is 1.75. The zero-order chi connectivity index (χ0) is 13.5. The Labute approximate surface area is 112 Å². The van der Waals surface area contributed by atoms with E-state index >= 15 is 0 Å². The van der Waals surface area contributed by atoms with Gasteiger partial charge in [-0.3, -0.25) is 9.48 Å². The van der Waals surface area contributed by atoms with Crippen LogP contribution in [0, 0.1) is 0 Å². The molecule has 0 bridgehead atoms. The first-order chi connectivity index (χ1) is 9.24. The van der Waals surface area contributed by atoms with Crippen LogP contribution in [-0.4, -0.2) is 28.3 Å². The second-order valence-electron chi connectivity index (χ2n) is 4.42. The van der Waals surface area contributed by atoms with E-state index in [1.165, 1.54) is 0 Å². The number of hydrogen-bond donors (Lipinski definition) is 2. The number of carbonyl (C=O) groups excluding carboxylic acids is 1. The van der Waals surface area contributed by atoms with E-state index in [-0.39, 0.29) is 18.5 Å². The van der Waals surface area contributed by atoms with Gasteiger partial charge in [0.1, 0.15) is 0 Å². The van der Waals surface area contributed by atoms with E-state index in [9.17, 15) is 4.79 Å². The number of aromatic nitrogens is 2. The number of nitrogens with one attached hydrogen (secondary N) is 2. The van der Waals surface area contributed by atoms with E-state index in [0.717, 1.165) is 12.2 Å². The summed E-state index contributed by atoms with van der Waals surface area (Å²) in [7, 11) is 0. The minimum atomic E-state index is -0.0430. The summed E-state index contributed by atoms with van der Waals surface area (Å²) in [6, 6.07) is 11.5. The van der Waals surface area contributed by atoms with Crippen LogP contribution in [0.2, 0.25) is 0 Å². The third-order valence-corrected chi connectivity index (χ3v) is 2.69. The maximum Gasteiger partial charge on any atom is 0.238 e. The van der Waals surface area contributed by atoms with Gasteiger partial charge in [0.05, 0.1) is 13.1 Å². The van der Waals surface area contributed by atoms with Crippen molar-refractivity contribution in [3.05, 3.63) is 48.8 Å². The topological polar surface area (TPSA) is 59.0 Å². The van der Waals surface area contributed by atoms with Crippen molar-refractivity contribution in [3.8, 4) is 0 Å². The van der Waals surface area contributed by atoms with E-state index in [1.807, 2.05) is 54.2 Å². The lowest BCUT2D eigenvalue weighted by atomic mass is 10.3. The van der Waals surface area contributed by atoms with Crippen LogP contribution >= 0.6 is 0 Å². The Kier molecular flexibility index (Phi) is 4.69. The molecule has 0 radical (unpaired) electrons. The van der Waals surface area contributed by atoms with E-state index in [4.69, 9.17) is 0 Å². The first-order valence-corrected chi connectivity index (χ1v) is 6.30. The molecule has 0 saturated carbocycles. The highest BCUT2D eigenvalue weighted by molar-refractivity contribution is 5.92. The van der Waals surface area contributed by atoms with Gasteiger partial charge in [-0.1, -0.05) is 18.2 Å². The van der Waals surface area contributed by atoms with Crippen molar-refractivity contribution in [3.63, 3.8) is 0 Å². The summed E-state index contributed by atoms with van der Waals surface area (Å²) in [5.74, 6) is -0.0430. The number of anilines is 1. The maximum absolute atomic E-state index is 11.7. The Balaban J connectivity index is 1.71. The molecule has 1 heterocycles. The van der Waals surface area contributed by atoms with Gasteiger partial charge < -0.3 is 10.6 Å². The fraction of sp³-hybridized carbons (Fsp3) is 0.286. The molecule has 0 aliphatic rings. The minimum Gasteiger partial charge on any atom is -0.325 e. The molecule has 0 saturated heterocycles. The maximum atomic E-state index is 11.7. The Morgan fingerprint density at radius 3 is 2.79 bits per heavy atom. The summed E-state index contributed by atoms with van der Waals surface area (Å²) in [6.07, 6.45) is 3.65. The molecule has 2 N–H and O–H groups in total. The number of benzene rings is 1. The third-order valence-electron chi connectivity index (χ3n) is 2.69.